The second-order valence-corrected chi connectivity index (χ2v) is 3.27. The van der Waals surface area contributed by atoms with Crippen LogP contribution in [0, 0.1) is 23.0 Å². The summed E-state index contributed by atoms with van der Waals surface area (Å²) in [6.07, 6.45) is 3.05. The molecule has 0 fully saturated rings. The molecule has 0 aliphatic rings. The van der Waals surface area contributed by atoms with Crippen LogP contribution in [0.5, 0.6) is 0 Å². The van der Waals surface area contributed by atoms with E-state index in [1.165, 1.54) is 18.3 Å². The number of aromatic nitrogens is 1. The molecule has 1 heterocycles. The van der Waals surface area contributed by atoms with Gasteiger partial charge in [0, 0.05) is 6.20 Å². The van der Waals surface area contributed by atoms with Crippen molar-refractivity contribution in [1.82, 2.24) is 4.98 Å². The van der Waals surface area contributed by atoms with Crippen molar-refractivity contribution in [2.24, 2.45) is 0 Å². The normalized spacial score (nSPS) is 9.71. The molecular weight excluding hydrogens is 224 g/mol. The van der Waals surface area contributed by atoms with Crippen molar-refractivity contribution in [1.29, 1.82) is 5.26 Å². The van der Waals surface area contributed by atoms with E-state index in [9.17, 15) is 8.78 Å². The molecule has 0 bridgehead atoms. The van der Waals surface area contributed by atoms with E-state index in [2.05, 4.69) is 10.3 Å². The summed E-state index contributed by atoms with van der Waals surface area (Å²) in [5.74, 6) is -2.23. The van der Waals surface area contributed by atoms with Crippen LogP contribution in [0.2, 0.25) is 0 Å². The van der Waals surface area contributed by atoms with Crippen LogP contribution < -0.4 is 5.32 Å². The minimum absolute atomic E-state index is 0.0329. The van der Waals surface area contributed by atoms with E-state index in [-0.39, 0.29) is 11.3 Å². The molecule has 0 spiro atoms. The fraction of sp³-hybridized carbons (Fsp3) is 0. The number of benzene rings is 1. The van der Waals surface area contributed by atoms with Gasteiger partial charge in [0.15, 0.2) is 11.6 Å². The zero-order chi connectivity index (χ0) is 12.3. The third-order valence-electron chi connectivity index (χ3n) is 2.14. The molecule has 0 atom stereocenters. The first-order chi connectivity index (χ1) is 8.22. The number of nitriles is 1. The summed E-state index contributed by atoms with van der Waals surface area (Å²) >= 11 is 0. The highest BCUT2D eigenvalue weighted by atomic mass is 19.2. The molecule has 5 heteroatoms. The first kappa shape index (κ1) is 11.0. The molecule has 2 rings (SSSR count). The molecule has 2 aromatic rings. The smallest absolute Gasteiger partial charge is 0.183 e. The van der Waals surface area contributed by atoms with Crippen molar-refractivity contribution < 1.29 is 8.78 Å². The van der Waals surface area contributed by atoms with Crippen molar-refractivity contribution in [3.63, 3.8) is 0 Å². The first-order valence-electron chi connectivity index (χ1n) is 4.77. The minimum Gasteiger partial charge on any atom is -0.352 e. The van der Waals surface area contributed by atoms with Crippen molar-refractivity contribution in [3.8, 4) is 6.07 Å². The topological polar surface area (TPSA) is 48.7 Å². The van der Waals surface area contributed by atoms with Gasteiger partial charge in [-0.25, -0.2) is 8.78 Å². The Kier molecular flexibility index (Phi) is 2.97. The van der Waals surface area contributed by atoms with Crippen molar-refractivity contribution in [3.05, 3.63) is 53.9 Å². The van der Waals surface area contributed by atoms with Crippen molar-refractivity contribution in [2.45, 2.75) is 0 Å². The lowest BCUT2D eigenvalue weighted by Crippen LogP contribution is -1.98. The number of hydrogen-bond donors (Lipinski definition) is 1. The summed E-state index contributed by atoms with van der Waals surface area (Å²) in [6.45, 7) is 0. The molecule has 0 unspecified atom stereocenters. The lowest BCUT2D eigenvalue weighted by atomic mass is 10.2. The van der Waals surface area contributed by atoms with Crippen LogP contribution in [0.15, 0.2) is 36.7 Å². The van der Waals surface area contributed by atoms with Gasteiger partial charge in [-0.3, -0.25) is 4.98 Å². The van der Waals surface area contributed by atoms with Crippen LogP contribution in [0.3, 0.4) is 0 Å². The summed E-state index contributed by atoms with van der Waals surface area (Å²) in [5.41, 5.74) is 0.184. The second kappa shape index (κ2) is 4.58. The van der Waals surface area contributed by atoms with E-state index in [4.69, 9.17) is 5.26 Å². The fourth-order valence-corrected chi connectivity index (χ4v) is 1.32. The molecule has 1 N–H and O–H groups in total. The van der Waals surface area contributed by atoms with Crippen LogP contribution in [-0.2, 0) is 0 Å². The molecule has 1 aromatic carbocycles. The molecule has 0 aliphatic heterocycles. The summed E-state index contributed by atoms with van der Waals surface area (Å²) in [6, 6.07) is 7.44. The molecule has 3 nitrogen and oxygen atoms in total. The average Bonchev–Trinajstić information content (AvgIpc) is 2.37. The lowest BCUT2D eigenvalue weighted by Gasteiger charge is -2.07. The number of anilines is 2. The molecule has 0 saturated heterocycles. The van der Waals surface area contributed by atoms with E-state index in [1.54, 1.807) is 24.4 Å². The molecule has 0 aliphatic carbocycles. The Balaban J connectivity index is 2.36. The third kappa shape index (κ3) is 2.21. The van der Waals surface area contributed by atoms with E-state index in [1.807, 2.05) is 0 Å². The largest absolute Gasteiger partial charge is 0.352 e. The van der Waals surface area contributed by atoms with Crippen LogP contribution in [-0.4, -0.2) is 4.98 Å². The maximum absolute atomic E-state index is 13.5. The maximum Gasteiger partial charge on any atom is 0.183 e. The Labute approximate surface area is 96.3 Å². The summed E-state index contributed by atoms with van der Waals surface area (Å²) < 4.78 is 26.8. The molecule has 0 amide bonds. The molecular formula is C12H7F2N3. The number of hydrogen-bond acceptors (Lipinski definition) is 3. The van der Waals surface area contributed by atoms with Gasteiger partial charge in [0.05, 0.1) is 23.1 Å². The number of pyridine rings is 1. The minimum atomic E-state index is -1.15. The highest BCUT2D eigenvalue weighted by Gasteiger charge is 2.13. The van der Waals surface area contributed by atoms with Crippen LogP contribution >= 0.6 is 0 Å². The standard InChI is InChI=1S/C12H7F2N3/c13-11-8(6-15)3-4-10(12(11)14)17-9-2-1-5-16-7-9/h1-5,7,17H. The molecule has 0 radical (unpaired) electrons. The zero-order valence-corrected chi connectivity index (χ0v) is 8.61. The summed E-state index contributed by atoms with van der Waals surface area (Å²) in [7, 11) is 0. The first-order valence-corrected chi connectivity index (χ1v) is 4.77. The Morgan fingerprint density at radius 1 is 1.18 bits per heavy atom. The molecule has 84 valence electrons. The van der Waals surface area contributed by atoms with Gasteiger partial charge < -0.3 is 5.32 Å². The quantitative estimate of drug-likeness (QED) is 0.864. The van der Waals surface area contributed by atoms with Gasteiger partial charge in [0.2, 0.25) is 0 Å². The maximum atomic E-state index is 13.5. The van der Waals surface area contributed by atoms with Gasteiger partial charge >= 0.3 is 0 Å². The Morgan fingerprint density at radius 2 is 2.00 bits per heavy atom. The van der Waals surface area contributed by atoms with E-state index in [0.717, 1.165) is 0 Å². The van der Waals surface area contributed by atoms with Crippen LogP contribution in [0.25, 0.3) is 0 Å². The average molecular weight is 231 g/mol. The van der Waals surface area contributed by atoms with Gasteiger partial charge in [0.1, 0.15) is 6.07 Å². The number of nitrogens with one attached hydrogen (secondary N) is 1. The van der Waals surface area contributed by atoms with Crippen LogP contribution in [0.1, 0.15) is 5.56 Å². The Bertz CT molecular complexity index is 576. The van der Waals surface area contributed by atoms with Gasteiger partial charge in [-0.15, -0.1) is 0 Å². The summed E-state index contributed by atoms with van der Waals surface area (Å²) in [4.78, 5) is 3.84. The van der Waals surface area contributed by atoms with Gasteiger partial charge in [-0.1, -0.05) is 0 Å². The van der Waals surface area contributed by atoms with E-state index >= 15 is 0 Å². The zero-order valence-electron chi connectivity index (χ0n) is 8.61. The predicted molar refractivity (Wildman–Crippen MR) is 58.6 cm³/mol. The summed E-state index contributed by atoms with van der Waals surface area (Å²) in [5, 5.41) is 11.2. The highest BCUT2D eigenvalue weighted by Crippen LogP contribution is 2.23. The monoisotopic (exact) mass is 231 g/mol. The number of halogens is 2. The fourth-order valence-electron chi connectivity index (χ4n) is 1.32. The van der Waals surface area contributed by atoms with Gasteiger partial charge in [-0.2, -0.15) is 5.26 Å². The Morgan fingerprint density at radius 3 is 2.65 bits per heavy atom. The van der Waals surface area contributed by atoms with E-state index in [0.29, 0.717) is 5.69 Å². The molecule has 0 saturated carbocycles. The van der Waals surface area contributed by atoms with Crippen molar-refractivity contribution >= 4 is 11.4 Å². The molecule has 1 aromatic heterocycles. The predicted octanol–water partition coefficient (Wildman–Crippen LogP) is 2.98. The van der Waals surface area contributed by atoms with Gasteiger partial charge in [-0.05, 0) is 24.3 Å². The number of nitrogens with zero attached hydrogens (tertiary/aromatic N) is 2. The van der Waals surface area contributed by atoms with Crippen LogP contribution in [0.4, 0.5) is 20.2 Å². The van der Waals surface area contributed by atoms with Gasteiger partial charge in [0.25, 0.3) is 0 Å². The van der Waals surface area contributed by atoms with Crippen molar-refractivity contribution in [2.75, 3.05) is 5.32 Å². The third-order valence-corrected chi connectivity index (χ3v) is 2.14. The van der Waals surface area contributed by atoms with E-state index < -0.39 is 11.6 Å². The second-order valence-electron chi connectivity index (χ2n) is 3.27. The number of rotatable bonds is 2. The SMILES string of the molecule is N#Cc1ccc(Nc2cccnc2)c(F)c1F. The molecule has 17 heavy (non-hydrogen) atoms. The Hall–Kier alpha value is -2.48. The highest BCUT2D eigenvalue weighted by molar-refractivity contribution is 5.60. The lowest BCUT2D eigenvalue weighted by molar-refractivity contribution is 0.509.